The van der Waals surface area contributed by atoms with Gasteiger partial charge in [0, 0.05) is 11.1 Å². The Hall–Kier alpha value is -7.44. The van der Waals surface area contributed by atoms with Crippen molar-refractivity contribution < 1.29 is 28.5 Å². The van der Waals surface area contributed by atoms with Crippen LogP contribution >= 0.6 is 0 Å². The van der Waals surface area contributed by atoms with E-state index in [9.17, 15) is 9.59 Å². The van der Waals surface area contributed by atoms with Crippen LogP contribution in [0, 0.1) is 0 Å². The first-order valence-electron chi connectivity index (χ1n) is 30.1. The second kappa shape index (κ2) is 28.1. The van der Waals surface area contributed by atoms with Gasteiger partial charge in [0.2, 0.25) is 0 Å². The Morgan fingerprint density at radius 2 is 0.588 bits per heavy atom. The van der Waals surface area contributed by atoms with Crippen LogP contribution in [0.1, 0.15) is 165 Å². The van der Waals surface area contributed by atoms with Crippen LogP contribution in [-0.4, -0.2) is 38.0 Å². The number of fused-ring (bicyclic) bond motifs is 6. The minimum atomic E-state index is 0.0219. The lowest BCUT2D eigenvalue weighted by atomic mass is 9.80. The lowest BCUT2D eigenvalue weighted by Crippen LogP contribution is -2.03. The number of carbonyl (C=O) groups excluding carboxylic acids is 2. The molecule has 0 aliphatic heterocycles. The zero-order valence-electron chi connectivity index (χ0n) is 48.4. The molecule has 414 valence electrons. The number of benzene rings is 9. The van der Waals surface area contributed by atoms with Gasteiger partial charge in [-0.3, -0.25) is 9.59 Å². The van der Waals surface area contributed by atoms with Crippen LogP contribution in [0.5, 0.6) is 23.0 Å². The summed E-state index contributed by atoms with van der Waals surface area (Å²) in [6.45, 7) is 14.7. The average molecular weight is 1070 g/mol. The zero-order chi connectivity index (χ0) is 55.8. The molecular formula is C74H82O6. The number of Topliss-reactive ketones (excluding diaryl/α,β-unsaturated/α-hetero) is 2. The van der Waals surface area contributed by atoms with Crippen LogP contribution in [0.3, 0.4) is 0 Å². The molecule has 0 radical (unpaired) electrons. The molecule has 0 amide bonds. The Labute approximate surface area is 475 Å². The highest BCUT2D eigenvalue weighted by molar-refractivity contribution is 6.29. The molecule has 0 aromatic heterocycles. The summed E-state index contributed by atoms with van der Waals surface area (Å²) < 4.78 is 26.6. The minimum Gasteiger partial charge on any atom is -0.490 e. The summed E-state index contributed by atoms with van der Waals surface area (Å²) in [6.07, 6.45) is 17.8. The van der Waals surface area contributed by atoms with E-state index in [0.717, 1.165) is 175 Å². The summed E-state index contributed by atoms with van der Waals surface area (Å²) in [5.74, 6) is 3.07. The van der Waals surface area contributed by atoms with E-state index in [1.54, 1.807) is 13.8 Å². The molecule has 0 aliphatic carbocycles. The summed E-state index contributed by atoms with van der Waals surface area (Å²) in [4.78, 5) is 25.8. The van der Waals surface area contributed by atoms with Crippen molar-refractivity contribution in [3.63, 3.8) is 0 Å². The molecule has 0 bridgehead atoms. The number of ether oxygens (including phenoxy) is 4. The van der Waals surface area contributed by atoms with Gasteiger partial charge in [0.25, 0.3) is 0 Å². The zero-order valence-corrected chi connectivity index (χ0v) is 48.4. The van der Waals surface area contributed by atoms with Gasteiger partial charge in [-0.15, -0.1) is 0 Å². The Kier molecular flexibility index (Phi) is 20.1. The molecule has 0 N–H and O–H groups in total. The molecule has 0 saturated heterocycles. The summed E-state index contributed by atoms with van der Waals surface area (Å²) >= 11 is 0. The molecule has 6 heteroatoms. The van der Waals surface area contributed by atoms with Crippen LogP contribution in [0.4, 0.5) is 0 Å². The Bertz CT molecular complexity index is 3320. The molecule has 0 saturated carbocycles. The number of rotatable bonds is 30. The van der Waals surface area contributed by atoms with E-state index in [2.05, 4.69) is 149 Å². The van der Waals surface area contributed by atoms with E-state index in [1.807, 2.05) is 24.3 Å². The van der Waals surface area contributed by atoms with Gasteiger partial charge < -0.3 is 18.9 Å². The van der Waals surface area contributed by atoms with E-state index in [-0.39, 0.29) is 11.6 Å². The molecule has 9 aromatic rings. The van der Waals surface area contributed by atoms with E-state index in [1.165, 1.54) is 38.5 Å². The third-order valence-electron chi connectivity index (χ3n) is 15.8. The Morgan fingerprint density at radius 3 is 0.925 bits per heavy atom. The van der Waals surface area contributed by atoms with Gasteiger partial charge >= 0.3 is 0 Å². The number of hydrogen-bond donors (Lipinski definition) is 0. The fourth-order valence-corrected chi connectivity index (χ4v) is 11.4. The molecule has 6 nitrogen and oxygen atoms in total. The smallest absolute Gasteiger partial charge is 0.161 e. The molecule has 0 atom stereocenters. The van der Waals surface area contributed by atoms with Crippen molar-refractivity contribution in [2.45, 2.75) is 144 Å². The maximum absolute atomic E-state index is 12.9. The largest absolute Gasteiger partial charge is 0.490 e. The predicted octanol–water partition coefficient (Wildman–Crippen LogP) is 21.2. The van der Waals surface area contributed by atoms with Crippen molar-refractivity contribution in [1.29, 1.82) is 0 Å². The van der Waals surface area contributed by atoms with Crippen molar-refractivity contribution in [3.8, 4) is 67.5 Å². The average Bonchev–Trinajstić information content (AvgIpc) is 3.48. The first kappa shape index (κ1) is 57.3. The van der Waals surface area contributed by atoms with Gasteiger partial charge in [-0.1, -0.05) is 214 Å². The van der Waals surface area contributed by atoms with Gasteiger partial charge in [-0.05, 0) is 164 Å². The molecule has 80 heavy (non-hydrogen) atoms. The monoisotopic (exact) mass is 1070 g/mol. The third-order valence-corrected chi connectivity index (χ3v) is 15.8. The van der Waals surface area contributed by atoms with Crippen molar-refractivity contribution in [3.05, 3.63) is 157 Å². The van der Waals surface area contributed by atoms with Crippen LogP contribution in [-0.2, 0) is 0 Å². The summed E-state index contributed by atoms with van der Waals surface area (Å²) in [5, 5.41) is 8.89. The highest BCUT2D eigenvalue weighted by Crippen LogP contribution is 2.52. The topological polar surface area (TPSA) is 71.1 Å². The number of unbranched alkanes of at least 4 members (excludes halogenated alkanes) is 12. The van der Waals surface area contributed by atoms with Crippen molar-refractivity contribution >= 4 is 54.7 Å². The molecule has 0 unspecified atom stereocenters. The van der Waals surface area contributed by atoms with Crippen molar-refractivity contribution in [2.24, 2.45) is 0 Å². The Balaban J connectivity index is 1.35. The van der Waals surface area contributed by atoms with Crippen LogP contribution in [0.25, 0.3) is 87.6 Å². The lowest BCUT2D eigenvalue weighted by Gasteiger charge is -2.23. The molecule has 0 aliphatic rings. The van der Waals surface area contributed by atoms with Crippen molar-refractivity contribution in [1.82, 2.24) is 0 Å². The van der Waals surface area contributed by atoms with Crippen LogP contribution in [0.15, 0.2) is 146 Å². The lowest BCUT2D eigenvalue weighted by molar-refractivity contribution is 0.100. The summed E-state index contributed by atoms with van der Waals surface area (Å²) in [6, 6.07) is 51.6. The van der Waals surface area contributed by atoms with E-state index < -0.39 is 0 Å². The fourth-order valence-electron chi connectivity index (χ4n) is 11.4. The first-order valence-corrected chi connectivity index (χ1v) is 30.1. The van der Waals surface area contributed by atoms with Gasteiger partial charge in [0.05, 0.1) is 26.4 Å². The number of hydrogen-bond acceptors (Lipinski definition) is 6. The maximum Gasteiger partial charge on any atom is 0.161 e. The third kappa shape index (κ3) is 13.2. The van der Waals surface area contributed by atoms with Gasteiger partial charge in [-0.25, -0.2) is 0 Å². The fraction of sp³-hybridized carbons (Fsp3) is 0.351. The highest BCUT2D eigenvalue weighted by atomic mass is 16.5. The first-order chi connectivity index (χ1) is 39.2. The van der Waals surface area contributed by atoms with Gasteiger partial charge in [-0.2, -0.15) is 0 Å². The number of ketones is 2. The summed E-state index contributed by atoms with van der Waals surface area (Å²) in [7, 11) is 0. The van der Waals surface area contributed by atoms with Crippen molar-refractivity contribution in [2.75, 3.05) is 26.4 Å². The normalized spacial score (nSPS) is 11.5. The predicted molar refractivity (Wildman–Crippen MR) is 337 cm³/mol. The van der Waals surface area contributed by atoms with E-state index in [4.69, 9.17) is 18.9 Å². The minimum absolute atomic E-state index is 0.0219. The molecule has 9 aromatic carbocycles. The standard InChI is InChI=1S/C74H82O6/c1-7-11-15-23-43-77-67-41-39-57(47-69(67)79-45-25-17-13-9-3)73-61-29-21-19-27-59(61)63-49-64-60-28-20-22-30-62(60)74(58-40-42-68(78-44-24-16-12-8-2)70(48-58)80-46-26-18-14-10-4)72(56-37-33-54(34-38-56)52(6)76)66(64)50-65(63)71(73)55-35-31-53(32-36-55)51(5)75/h19-22,27-42,47-50H,7-18,23-26,43-46H2,1-6H3. The molecule has 0 heterocycles. The molecule has 0 spiro atoms. The van der Waals surface area contributed by atoms with Crippen LogP contribution < -0.4 is 18.9 Å². The van der Waals surface area contributed by atoms with E-state index >= 15 is 0 Å². The molecule has 0 fully saturated rings. The SMILES string of the molecule is CCCCCCOc1ccc(-c2c(-c3ccc(C(C)=O)cc3)c3cc4c(-c5ccc(C(C)=O)cc5)c(-c5ccc(OCCCCCC)c(OCCCCCC)c5)c5ccccc5c4cc3c3ccccc23)cc1OCCCCCC. The molecule has 9 rings (SSSR count). The summed E-state index contributed by atoms with van der Waals surface area (Å²) in [5.41, 5.74) is 9.63. The Morgan fingerprint density at radius 1 is 0.287 bits per heavy atom. The second-order valence-electron chi connectivity index (χ2n) is 21.8. The highest BCUT2D eigenvalue weighted by Gasteiger charge is 2.25. The molecular weight excluding hydrogens is 985 g/mol. The number of carbonyl (C=O) groups is 2. The van der Waals surface area contributed by atoms with Gasteiger partial charge in [0.15, 0.2) is 34.6 Å². The quantitative estimate of drug-likeness (QED) is 0.0193. The van der Waals surface area contributed by atoms with Crippen LogP contribution in [0.2, 0.25) is 0 Å². The second-order valence-corrected chi connectivity index (χ2v) is 21.8. The van der Waals surface area contributed by atoms with E-state index in [0.29, 0.717) is 37.6 Å². The maximum atomic E-state index is 12.9. The van der Waals surface area contributed by atoms with Gasteiger partial charge in [0.1, 0.15) is 0 Å².